The minimum Gasteiger partial charge on any atom is -0.454 e. The Balaban J connectivity index is 1.87. The average Bonchev–Trinajstić information content (AvgIpc) is 3.25. The van der Waals surface area contributed by atoms with Crippen LogP contribution in [0, 0.1) is 0 Å². The summed E-state index contributed by atoms with van der Waals surface area (Å²) < 4.78 is 56.3. The van der Waals surface area contributed by atoms with Gasteiger partial charge in [-0.3, -0.25) is 0 Å². The lowest BCUT2D eigenvalue weighted by Crippen LogP contribution is -2.12. The van der Waals surface area contributed by atoms with Crippen molar-refractivity contribution < 1.29 is 21.6 Å². The summed E-state index contributed by atoms with van der Waals surface area (Å²) in [5.74, 6) is 0.367. The van der Waals surface area contributed by atoms with Crippen LogP contribution < -0.4 is 5.14 Å². The first-order valence-electron chi connectivity index (χ1n) is 7.83. The number of fused-ring (bicyclic) bond motifs is 1. The minimum absolute atomic E-state index is 0.0854. The van der Waals surface area contributed by atoms with Gasteiger partial charge in [-0.2, -0.15) is 5.10 Å². The molecule has 2 aromatic heterocycles. The Morgan fingerprint density at radius 2 is 1.74 bits per heavy atom. The number of sulfonamides is 1. The van der Waals surface area contributed by atoms with E-state index in [0.29, 0.717) is 22.7 Å². The lowest BCUT2D eigenvalue weighted by Gasteiger charge is -2.06. The molecule has 27 heavy (non-hydrogen) atoms. The van der Waals surface area contributed by atoms with Gasteiger partial charge in [0.05, 0.1) is 10.6 Å². The zero-order chi connectivity index (χ0) is 19.2. The second-order valence-electron chi connectivity index (χ2n) is 5.85. The molecule has 2 heterocycles. The zero-order valence-corrected chi connectivity index (χ0v) is 14.5. The van der Waals surface area contributed by atoms with Crippen LogP contribution in [-0.2, 0) is 10.0 Å². The fraction of sp³-hybridized carbons (Fsp3) is 0.0556. The van der Waals surface area contributed by atoms with Gasteiger partial charge in [0, 0.05) is 5.39 Å². The Bertz CT molecular complexity index is 1200. The Labute approximate surface area is 152 Å². The molecule has 6 nitrogen and oxygen atoms in total. The van der Waals surface area contributed by atoms with Crippen LogP contribution >= 0.6 is 0 Å². The molecule has 0 bridgehead atoms. The van der Waals surface area contributed by atoms with E-state index in [0.717, 1.165) is 5.39 Å². The maximum absolute atomic E-state index is 13.2. The first-order chi connectivity index (χ1) is 12.8. The quantitative estimate of drug-likeness (QED) is 0.574. The number of hydrogen-bond donors (Lipinski definition) is 1. The normalized spacial score (nSPS) is 12.1. The lowest BCUT2D eigenvalue weighted by atomic mass is 10.2. The number of nitrogens with two attached hydrogens (primary N) is 1. The second-order valence-corrected chi connectivity index (χ2v) is 7.42. The largest absolute Gasteiger partial charge is 0.454 e. The van der Waals surface area contributed by atoms with Crippen molar-refractivity contribution in [2.75, 3.05) is 0 Å². The van der Waals surface area contributed by atoms with E-state index >= 15 is 0 Å². The number of nitrogens with zero attached hydrogens (tertiary/aromatic N) is 2. The van der Waals surface area contributed by atoms with Crippen molar-refractivity contribution in [2.24, 2.45) is 5.14 Å². The van der Waals surface area contributed by atoms with Crippen LogP contribution in [0.25, 0.3) is 28.1 Å². The van der Waals surface area contributed by atoms with Gasteiger partial charge in [0.25, 0.3) is 6.43 Å². The molecule has 4 aromatic rings. The smallest absolute Gasteiger partial charge is 0.282 e. The standard InChI is InChI=1S/C18H13F2N3O3S/c19-18(20)14-10-15(17-9-11-3-1-2-4-16(11)26-17)23(22-14)12-5-7-13(8-6-12)27(21,24)25/h1-10,18H,(H2,21,24,25). The minimum atomic E-state index is -3.86. The highest BCUT2D eigenvalue weighted by molar-refractivity contribution is 7.89. The Morgan fingerprint density at radius 3 is 2.37 bits per heavy atom. The monoisotopic (exact) mass is 389 g/mol. The molecule has 9 heteroatoms. The van der Waals surface area contributed by atoms with E-state index in [1.54, 1.807) is 12.1 Å². The third-order valence-corrected chi connectivity index (χ3v) is 4.97. The molecule has 0 fully saturated rings. The van der Waals surface area contributed by atoms with Crippen molar-refractivity contribution in [3.63, 3.8) is 0 Å². The number of benzene rings is 2. The fourth-order valence-electron chi connectivity index (χ4n) is 2.76. The molecule has 0 saturated heterocycles. The van der Waals surface area contributed by atoms with Gasteiger partial charge < -0.3 is 4.42 Å². The van der Waals surface area contributed by atoms with Crippen LogP contribution in [0.1, 0.15) is 12.1 Å². The third kappa shape index (κ3) is 3.22. The number of aromatic nitrogens is 2. The first kappa shape index (κ1) is 17.4. The van der Waals surface area contributed by atoms with Crippen molar-refractivity contribution in [2.45, 2.75) is 11.3 Å². The van der Waals surface area contributed by atoms with Crippen molar-refractivity contribution in [3.8, 4) is 17.1 Å². The van der Waals surface area contributed by atoms with Crippen LogP contribution in [0.4, 0.5) is 8.78 Å². The summed E-state index contributed by atoms with van der Waals surface area (Å²) in [5.41, 5.74) is 0.916. The van der Waals surface area contributed by atoms with Gasteiger partial charge in [0.1, 0.15) is 17.0 Å². The molecule has 4 rings (SSSR count). The van der Waals surface area contributed by atoms with Gasteiger partial charge in [-0.05, 0) is 42.5 Å². The van der Waals surface area contributed by atoms with Crippen molar-refractivity contribution in [1.82, 2.24) is 9.78 Å². The molecule has 2 N–H and O–H groups in total. The number of furan rings is 1. The van der Waals surface area contributed by atoms with Crippen LogP contribution in [-0.4, -0.2) is 18.2 Å². The molecule has 0 spiro atoms. The van der Waals surface area contributed by atoms with Crippen LogP contribution in [0.3, 0.4) is 0 Å². The summed E-state index contributed by atoms with van der Waals surface area (Å²) in [5, 5.41) is 9.86. The maximum atomic E-state index is 13.2. The molecule has 138 valence electrons. The van der Waals surface area contributed by atoms with Gasteiger partial charge >= 0.3 is 0 Å². The van der Waals surface area contributed by atoms with Gasteiger partial charge in [0.2, 0.25) is 10.0 Å². The molecule has 0 unspecified atom stereocenters. The van der Waals surface area contributed by atoms with E-state index in [-0.39, 0.29) is 4.90 Å². The third-order valence-electron chi connectivity index (χ3n) is 4.04. The molecule has 2 aromatic carbocycles. The van der Waals surface area contributed by atoms with E-state index in [2.05, 4.69) is 5.10 Å². The lowest BCUT2D eigenvalue weighted by molar-refractivity contribution is 0.145. The molecular formula is C18H13F2N3O3S. The van der Waals surface area contributed by atoms with Gasteiger partial charge in [-0.25, -0.2) is 27.0 Å². The van der Waals surface area contributed by atoms with Gasteiger partial charge in [0.15, 0.2) is 5.76 Å². The molecule has 0 atom stereocenters. The second kappa shape index (κ2) is 6.29. The SMILES string of the molecule is NS(=O)(=O)c1ccc(-n2nc(C(F)F)cc2-c2cc3ccccc3o2)cc1. The first-order valence-corrected chi connectivity index (χ1v) is 9.38. The molecule has 0 saturated carbocycles. The summed E-state index contributed by atoms with van der Waals surface area (Å²) in [6.07, 6.45) is -2.77. The van der Waals surface area contributed by atoms with E-state index in [4.69, 9.17) is 9.56 Å². The Morgan fingerprint density at radius 1 is 1.04 bits per heavy atom. The number of alkyl halides is 2. The highest BCUT2D eigenvalue weighted by atomic mass is 32.2. The van der Waals surface area contributed by atoms with Crippen molar-refractivity contribution in [1.29, 1.82) is 0 Å². The topological polar surface area (TPSA) is 91.1 Å². The number of rotatable bonds is 4. The predicted octanol–water partition coefficient (Wildman–Crippen LogP) is 3.87. The summed E-state index contributed by atoms with van der Waals surface area (Å²) in [6, 6.07) is 15.7. The molecule has 0 aliphatic heterocycles. The van der Waals surface area contributed by atoms with Crippen molar-refractivity contribution >= 4 is 21.0 Å². The maximum Gasteiger partial charge on any atom is 0.282 e. The summed E-state index contributed by atoms with van der Waals surface area (Å²) >= 11 is 0. The fourth-order valence-corrected chi connectivity index (χ4v) is 3.28. The average molecular weight is 389 g/mol. The molecule has 0 amide bonds. The highest BCUT2D eigenvalue weighted by Gasteiger charge is 2.20. The predicted molar refractivity (Wildman–Crippen MR) is 95.1 cm³/mol. The Hall–Kier alpha value is -3.04. The molecule has 0 aliphatic rings. The van der Waals surface area contributed by atoms with Crippen LogP contribution in [0.15, 0.2) is 70.0 Å². The molecular weight excluding hydrogens is 376 g/mol. The van der Waals surface area contributed by atoms with Crippen LogP contribution in [0.2, 0.25) is 0 Å². The summed E-state index contributed by atoms with van der Waals surface area (Å²) in [7, 11) is -3.86. The number of para-hydroxylation sites is 1. The van der Waals surface area contributed by atoms with Gasteiger partial charge in [-0.1, -0.05) is 18.2 Å². The van der Waals surface area contributed by atoms with Gasteiger partial charge in [-0.15, -0.1) is 0 Å². The zero-order valence-electron chi connectivity index (χ0n) is 13.7. The van der Waals surface area contributed by atoms with E-state index < -0.39 is 22.1 Å². The number of halogens is 2. The van der Waals surface area contributed by atoms with Crippen LogP contribution in [0.5, 0.6) is 0 Å². The van der Waals surface area contributed by atoms with E-state index in [1.165, 1.54) is 35.0 Å². The number of primary sulfonamides is 1. The van der Waals surface area contributed by atoms with E-state index in [9.17, 15) is 17.2 Å². The number of hydrogen-bond acceptors (Lipinski definition) is 4. The molecule has 0 radical (unpaired) electrons. The molecule has 0 aliphatic carbocycles. The summed E-state index contributed by atoms with van der Waals surface area (Å²) in [4.78, 5) is -0.0854. The van der Waals surface area contributed by atoms with Crippen molar-refractivity contribution in [3.05, 3.63) is 66.4 Å². The highest BCUT2D eigenvalue weighted by Crippen LogP contribution is 2.32. The Kier molecular flexibility index (Phi) is 4.05. The summed E-state index contributed by atoms with van der Waals surface area (Å²) in [6.45, 7) is 0. The van der Waals surface area contributed by atoms with E-state index in [1.807, 2.05) is 18.2 Å².